The summed E-state index contributed by atoms with van der Waals surface area (Å²) in [6, 6.07) is 7.25. The van der Waals surface area contributed by atoms with Crippen LogP contribution in [0.2, 0.25) is 0 Å². The number of nitrogens with zero attached hydrogens (tertiary/aromatic N) is 1. The van der Waals surface area contributed by atoms with Crippen LogP contribution in [-0.2, 0) is 0 Å². The molecule has 1 heterocycles. The lowest BCUT2D eigenvalue weighted by Crippen LogP contribution is -2.17. The van der Waals surface area contributed by atoms with Crippen LogP contribution in [0.5, 0.6) is 0 Å². The first-order valence-corrected chi connectivity index (χ1v) is 3.89. The van der Waals surface area contributed by atoms with E-state index in [1.54, 1.807) is 12.1 Å². The summed E-state index contributed by atoms with van der Waals surface area (Å²) < 4.78 is 5.20. The molecule has 0 bridgehead atoms. The number of amides is 1. The standard InChI is InChI=1S/C9H8N2O2/c1-10-8(12)9-11-6-4-2-3-5-7(6)13-9/h2-5H,1H3,(H,10,12). The highest BCUT2D eigenvalue weighted by molar-refractivity contribution is 5.92. The number of nitrogens with one attached hydrogen (secondary N) is 1. The van der Waals surface area contributed by atoms with Crippen molar-refractivity contribution in [2.24, 2.45) is 0 Å². The Kier molecular flexibility index (Phi) is 1.73. The van der Waals surface area contributed by atoms with Crippen molar-refractivity contribution in [3.05, 3.63) is 30.2 Å². The highest BCUT2D eigenvalue weighted by Gasteiger charge is 2.11. The van der Waals surface area contributed by atoms with Crippen molar-refractivity contribution in [1.82, 2.24) is 10.3 Å². The van der Waals surface area contributed by atoms with Crippen LogP contribution in [0.15, 0.2) is 28.7 Å². The maximum Gasteiger partial charge on any atom is 0.306 e. The second-order valence-electron chi connectivity index (χ2n) is 2.57. The maximum absolute atomic E-state index is 11.1. The van der Waals surface area contributed by atoms with E-state index in [4.69, 9.17) is 4.42 Å². The van der Waals surface area contributed by atoms with Gasteiger partial charge < -0.3 is 9.73 Å². The number of hydrogen-bond acceptors (Lipinski definition) is 3. The molecule has 0 saturated heterocycles. The molecule has 0 aliphatic heterocycles. The molecule has 0 fully saturated rings. The van der Waals surface area contributed by atoms with Crippen LogP contribution >= 0.6 is 0 Å². The average molecular weight is 176 g/mol. The van der Waals surface area contributed by atoms with Gasteiger partial charge in [0.25, 0.3) is 5.89 Å². The summed E-state index contributed by atoms with van der Waals surface area (Å²) in [5.74, 6) is -0.208. The Hall–Kier alpha value is -1.84. The highest BCUT2D eigenvalue weighted by atomic mass is 16.4. The highest BCUT2D eigenvalue weighted by Crippen LogP contribution is 2.13. The van der Waals surface area contributed by atoms with Crippen LogP contribution < -0.4 is 5.32 Å². The number of hydrogen-bond donors (Lipinski definition) is 1. The average Bonchev–Trinajstić information content (AvgIpc) is 2.59. The van der Waals surface area contributed by atoms with E-state index in [-0.39, 0.29) is 11.8 Å². The van der Waals surface area contributed by atoms with E-state index in [1.807, 2.05) is 12.1 Å². The normalized spacial score (nSPS) is 10.2. The minimum Gasteiger partial charge on any atom is -0.432 e. The lowest BCUT2D eigenvalue weighted by molar-refractivity contribution is 0.0931. The van der Waals surface area contributed by atoms with E-state index in [9.17, 15) is 4.79 Å². The van der Waals surface area contributed by atoms with Gasteiger partial charge >= 0.3 is 5.91 Å². The number of oxazole rings is 1. The third-order valence-corrected chi connectivity index (χ3v) is 1.72. The molecule has 0 unspecified atom stereocenters. The fraction of sp³-hybridized carbons (Fsp3) is 0.111. The topological polar surface area (TPSA) is 55.1 Å². The van der Waals surface area contributed by atoms with Gasteiger partial charge in [-0.3, -0.25) is 4.79 Å². The number of aromatic nitrogens is 1. The third-order valence-electron chi connectivity index (χ3n) is 1.72. The summed E-state index contributed by atoms with van der Waals surface area (Å²) in [6.07, 6.45) is 0. The molecule has 2 aromatic rings. The van der Waals surface area contributed by atoms with Crippen molar-refractivity contribution in [1.29, 1.82) is 0 Å². The first-order chi connectivity index (χ1) is 6.31. The third kappa shape index (κ3) is 1.26. The van der Waals surface area contributed by atoms with Crippen LogP contribution in [0, 0.1) is 0 Å². The lowest BCUT2D eigenvalue weighted by Gasteiger charge is -1.88. The van der Waals surface area contributed by atoms with Crippen LogP contribution in [0.25, 0.3) is 11.1 Å². The Bertz CT molecular complexity index is 415. The number of rotatable bonds is 1. The molecule has 0 spiro atoms. The molecule has 1 amide bonds. The van der Waals surface area contributed by atoms with Crippen molar-refractivity contribution in [2.75, 3.05) is 7.05 Å². The molecule has 0 aliphatic carbocycles. The second kappa shape index (κ2) is 2.90. The minimum atomic E-state index is -0.309. The van der Waals surface area contributed by atoms with E-state index in [0.717, 1.165) is 0 Å². The first kappa shape index (κ1) is 7.79. The molecule has 66 valence electrons. The number of carbonyl (C=O) groups is 1. The minimum absolute atomic E-state index is 0.101. The second-order valence-corrected chi connectivity index (χ2v) is 2.57. The van der Waals surface area contributed by atoms with Crippen molar-refractivity contribution < 1.29 is 9.21 Å². The Morgan fingerprint density at radius 2 is 2.23 bits per heavy atom. The van der Waals surface area contributed by atoms with Crippen molar-refractivity contribution in [2.45, 2.75) is 0 Å². The molecular weight excluding hydrogens is 168 g/mol. The molecule has 13 heavy (non-hydrogen) atoms. The zero-order chi connectivity index (χ0) is 9.26. The molecule has 0 aliphatic rings. The van der Waals surface area contributed by atoms with E-state index in [0.29, 0.717) is 11.1 Å². The zero-order valence-corrected chi connectivity index (χ0v) is 7.07. The van der Waals surface area contributed by atoms with Gasteiger partial charge in [-0.15, -0.1) is 0 Å². The van der Waals surface area contributed by atoms with Crippen LogP contribution in [0.1, 0.15) is 10.7 Å². The molecular formula is C9H8N2O2. The molecule has 1 aromatic carbocycles. The molecule has 1 aromatic heterocycles. The van der Waals surface area contributed by atoms with Gasteiger partial charge in [-0.05, 0) is 12.1 Å². The number of carbonyl (C=O) groups excluding carboxylic acids is 1. The molecule has 1 N–H and O–H groups in total. The molecule has 2 rings (SSSR count). The lowest BCUT2D eigenvalue weighted by atomic mass is 10.3. The predicted octanol–water partition coefficient (Wildman–Crippen LogP) is 1.19. The van der Waals surface area contributed by atoms with Gasteiger partial charge in [-0.1, -0.05) is 12.1 Å². The SMILES string of the molecule is CNC(=O)c1nc2ccccc2o1. The van der Waals surface area contributed by atoms with E-state index in [1.165, 1.54) is 7.05 Å². The molecule has 0 radical (unpaired) electrons. The number of benzene rings is 1. The van der Waals surface area contributed by atoms with Gasteiger partial charge in [0.2, 0.25) is 0 Å². The van der Waals surface area contributed by atoms with Gasteiger partial charge in [-0.2, -0.15) is 0 Å². The number of para-hydroxylation sites is 2. The summed E-state index contributed by atoms with van der Waals surface area (Å²) in [4.78, 5) is 15.1. The van der Waals surface area contributed by atoms with Crippen LogP contribution in [0.4, 0.5) is 0 Å². The molecule has 4 heteroatoms. The van der Waals surface area contributed by atoms with Gasteiger partial charge in [0.1, 0.15) is 5.52 Å². The predicted molar refractivity (Wildman–Crippen MR) is 47.4 cm³/mol. The molecule has 0 atom stereocenters. The Labute approximate surface area is 74.6 Å². The zero-order valence-electron chi connectivity index (χ0n) is 7.07. The largest absolute Gasteiger partial charge is 0.432 e. The van der Waals surface area contributed by atoms with E-state index in [2.05, 4.69) is 10.3 Å². The van der Waals surface area contributed by atoms with Crippen LogP contribution in [0.3, 0.4) is 0 Å². The molecule has 0 saturated carbocycles. The van der Waals surface area contributed by atoms with Crippen molar-refractivity contribution in [3.8, 4) is 0 Å². The van der Waals surface area contributed by atoms with Crippen LogP contribution in [-0.4, -0.2) is 17.9 Å². The smallest absolute Gasteiger partial charge is 0.306 e. The fourth-order valence-corrected chi connectivity index (χ4v) is 1.08. The summed E-state index contributed by atoms with van der Waals surface area (Å²) in [7, 11) is 1.54. The Morgan fingerprint density at radius 1 is 1.46 bits per heavy atom. The fourth-order valence-electron chi connectivity index (χ4n) is 1.08. The maximum atomic E-state index is 11.1. The van der Waals surface area contributed by atoms with Gasteiger partial charge in [0, 0.05) is 7.05 Å². The summed E-state index contributed by atoms with van der Waals surface area (Å²) in [6.45, 7) is 0. The monoisotopic (exact) mass is 176 g/mol. The Morgan fingerprint density at radius 3 is 2.92 bits per heavy atom. The quantitative estimate of drug-likeness (QED) is 0.710. The summed E-state index contributed by atoms with van der Waals surface area (Å²) >= 11 is 0. The van der Waals surface area contributed by atoms with E-state index < -0.39 is 0 Å². The number of fused-ring (bicyclic) bond motifs is 1. The van der Waals surface area contributed by atoms with Gasteiger partial charge in [0.15, 0.2) is 5.58 Å². The van der Waals surface area contributed by atoms with Crippen molar-refractivity contribution >= 4 is 17.0 Å². The Balaban J connectivity index is 2.56. The summed E-state index contributed by atoms with van der Waals surface area (Å²) in [5, 5.41) is 2.45. The van der Waals surface area contributed by atoms with Gasteiger partial charge in [0.05, 0.1) is 0 Å². The van der Waals surface area contributed by atoms with Crippen molar-refractivity contribution in [3.63, 3.8) is 0 Å². The van der Waals surface area contributed by atoms with Gasteiger partial charge in [-0.25, -0.2) is 4.98 Å². The first-order valence-electron chi connectivity index (χ1n) is 3.89. The van der Waals surface area contributed by atoms with E-state index >= 15 is 0 Å². The molecule has 4 nitrogen and oxygen atoms in total. The summed E-state index contributed by atoms with van der Waals surface area (Å²) in [5.41, 5.74) is 1.32.